The third kappa shape index (κ3) is 1.70. The van der Waals surface area contributed by atoms with Crippen molar-refractivity contribution in [2.75, 3.05) is 0 Å². The zero-order valence-corrected chi connectivity index (χ0v) is 9.28. The van der Waals surface area contributed by atoms with Crippen LogP contribution < -0.4 is 0 Å². The first-order valence-corrected chi connectivity index (χ1v) is 5.38. The van der Waals surface area contributed by atoms with Gasteiger partial charge in [-0.3, -0.25) is 0 Å². The summed E-state index contributed by atoms with van der Waals surface area (Å²) in [5, 5.41) is 4.49. The summed E-state index contributed by atoms with van der Waals surface area (Å²) in [4.78, 5) is 4.24. The quantitative estimate of drug-likeness (QED) is 0.772. The van der Waals surface area contributed by atoms with E-state index in [0.717, 1.165) is 11.1 Å². The fourth-order valence-electron chi connectivity index (χ4n) is 1.24. The Morgan fingerprint density at radius 1 is 1.36 bits per heavy atom. The SMILES string of the molecule is Cc1ccccc1-c1noc(CBr)n1. The van der Waals surface area contributed by atoms with Crippen LogP contribution in [0.2, 0.25) is 0 Å². The van der Waals surface area contributed by atoms with Gasteiger partial charge in [-0.2, -0.15) is 4.98 Å². The van der Waals surface area contributed by atoms with Gasteiger partial charge in [0.05, 0.1) is 5.33 Å². The summed E-state index contributed by atoms with van der Waals surface area (Å²) in [7, 11) is 0. The van der Waals surface area contributed by atoms with Crippen LogP contribution in [0.1, 0.15) is 11.5 Å². The Hall–Kier alpha value is -1.16. The van der Waals surface area contributed by atoms with Crippen molar-refractivity contribution in [3.63, 3.8) is 0 Å². The summed E-state index contributed by atoms with van der Waals surface area (Å²) in [6.45, 7) is 2.03. The highest BCUT2D eigenvalue weighted by Gasteiger charge is 2.08. The number of hydrogen-bond acceptors (Lipinski definition) is 3. The zero-order chi connectivity index (χ0) is 9.97. The lowest BCUT2D eigenvalue weighted by molar-refractivity contribution is 0.392. The molecule has 0 fully saturated rings. The van der Waals surface area contributed by atoms with Gasteiger partial charge in [0.2, 0.25) is 11.7 Å². The van der Waals surface area contributed by atoms with Crippen molar-refractivity contribution in [2.24, 2.45) is 0 Å². The van der Waals surface area contributed by atoms with E-state index in [1.165, 1.54) is 0 Å². The first-order chi connectivity index (χ1) is 6.81. The molecule has 1 aromatic heterocycles. The van der Waals surface area contributed by atoms with Gasteiger partial charge >= 0.3 is 0 Å². The second-order valence-corrected chi connectivity index (χ2v) is 3.52. The van der Waals surface area contributed by atoms with Crippen LogP contribution in [0.5, 0.6) is 0 Å². The van der Waals surface area contributed by atoms with Crippen LogP contribution in [0.25, 0.3) is 11.4 Å². The molecule has 1 heterocycles. The smallest absolute Gasteiger partial charge is 0.237 e. The molecular weight excluding hydrogens is 244 g/mol. The molecule has 0 bridgehead atoms. The van der Waals surface area contributed by atoms with Crippen molar-refractivity contribution < 1.29 is 4.52 Å². The van der Waals surface area contributed by atoms with E-state index in [2.05, 4.69) is 26.1 Å². The van der Waals surface area contributed by atoms with E-state index >= 15 is 0 Å². The van der Waals surface area contributed by atoms with Gasteiger partial charge in [-0.05, 0) is 12.5 Å². The largest absolute Gasteiger partial charge is 0.338 e. The van der Waals surface area contributed by atoms with Gasteiger partial charge in [0.15, 0.2) is 0 Å². The molecule has 0 unspecified atom stereocenters. The average molecular weight is 253 g/mol. The molecule has 2 aromatic rings. The number of aromatic nitrogens is 2. The molecule has 3 nitrogen and oxygen atoms in total. The van der Waals surface area contributed by atoms with E-state index in [9.17, 15) is 0 Å². The summed E-state index contributed by atoms with van der Waals surface area (Å²) < 4.78 is 5.02. The van der Waals surface area contributed by atoms with Gasteiger partial charge < -0.3 is 4.52 Å². The Bertz CT molecular complexity index is 439. The minimum Gasteiger partial charge on any atom is -0.338 e. The maximum absolute atomic E-state index is 5.02. The van der Waals surface area contributed by atoms with Crippen LogP contribution in [-0.4, -0.2) is 10.1 Å². The number of aryl methyl sites for hydroxylation is 1. The van der Waals surface area contributed by atoms with Crippen LogP contribution >= 0.6 is 15.9 Å². The summed E-state index contributed by atoms with van der Waals surface area (Å²) in [5.74, 6) is 1.25. The first-order valence-electron chi connectivity index (χ1n) is 4.26. The summed E-state index contributed by atoms with van der Waals surface area (Å²) in [6.07, 6.45) is 0. The summed E-state index contributed by atoms with van der Waals surface area (Å²) in [5.41, 5.74) is 2.16. The molecule has 0 saturated heterocycles. The lowest BCUT2D eigenvalue weighted by Gasteiger charge is -1.97. The molecule has 0 radical (unpaired) electrons. The number of alkyl halides is 1. The number of nitrogens with zero attached hydrogens (tertiary/aromatic N) is 2. The summed E-state index contributed by atoms with van der Waals surface area (Å²) in [6, 6.07) is 7.97. The predicted octanol–water partition coefficient (Wildman–Crippen LogP) is 2.94. The van der Waals surface area contributed by atoms with Gasteiger partial charge in [0, 0.05) is 5.56 Å². The summed E-state index contributed by atoms with van der Waals surface area (Å²) >= 11 is 3.27. The molecule has 14 heavy (non-hydrogen) atoms. The second kappa shape index (κ2) is 3.92. The van der Waals surface area contributed by atoms with E-state index in [0.29, 0.717) is 17.0 Å². The van der Waals surface area contributed by atoms with Crippen LogP contribution in [-0.2, 0) is 5.33 Å². The fourth-order valence-corrected chi connectivity index (χ4v) is 1.47. The normalized spacial score (nSPS) is 10.4. The molecule has 2 rings (SSSR count). The van der Waals surface area contributed by atoms with Gasteiger partial charge in [-0.1, -0.05) is 45.4 Å². The molecule has 0 amide bonds. The molecule has 0 aliphatic carbocycles. The minimum atomic E-state index is 0.589. The third-order valence-corrected chi connectivity index (χ3v) is 2.45. The Morgan fingerprint density at radius 2 is 2.14 bits per heavy atom. The van der Waals surface area contributed by atoms with E-state index in [-0.39, 0.29) is 0 Å². The van der Waals surface area contributed by atoms with E-state index < -0.39 is 0 Å². The molecule has 1 aromatic carbocycles. The molecule has 0 spiro atoms. The number of benzene rings is 1. The molecule has 0 atom stereocenters. The van der Waals surface area contributed by atoms with Crippen molar-refractivity contribution >= 4 is 15.9 Å². The Balaban J connectivity index is 2.44. The van der Waals surface area contributed by atoms with Crippen molar-refractivity contribution in [3.8, 4) is 11.4 Å². The highest BCUT2D eigenvalue weighted by atomic mass is 79.9. The lowest BCUT2D eigenvalue weighted by Crippen LogP contribution is -1.84. The lowest BCUT2D eigenvalue weighted by atomic mass is 10.1. The highest BCUT2D eigenvalue weighted by Crippen LogP contribution is 2.20. The van der Waals surface area contributed by atoms with Crippen LogP contribution in [0, 0.1) is 6.92 Å². The maximum atomic E-state index is 5.02. The van der Waals surface area contributed by atoms with Crippen molar-refractivity contribution in [2.45, 2.75) is 12.3 Å². The van der Waals surface area contributed by atoms with Crippen LogP contribution in [0.3, 0.4) is 0 Å². The molecule has 72 valence electrons. The van der Waals surface area contributed by atoms with Crippen molar-refractivity contribution in [1.29, 1.82) is 0 Å². The van der Waals surface area contributed by atoms with E-state index in [4.69, 9.17) is 4.52 Å². The predicted molar refractivity (Wildman–Crippen MR) is 57.1 cm³/mol. The minimum absolute atomic E-state index is 0.589. The number of halogens is 1. The zero-order valence-electron chi connectivity index (χ0n) is 7.70. The molecule has 0 saturated carbocycles. The van der Waals surface area contributed by atoms with Gasteiger partial charge in [-0.25, -0.2) is 0 Å². The first kappa shape index (κ1) is 9.40. The van der Waals surface area contributed by atoms with Gasteiger partial charge in [0.25, 0.3) is 0 Å². The number of hydrogen-bond donors (Lipinski definition) is 0. The highest BCUT2D eigenvalue weighted by molar-refractivity contribution is 9.08. The van der Waals surface area contributed by atoms with Gasteiger partial charge in [0.1, 0.15) is 0 Å². The average Bonchev–Trinajstić information content (AvgIpc) is 2.67. The molecule has 0 N–H and O–H groups in total. The van der Waals surface area contributed by atoms with E-state index in [1.807, 2.05) is 31.2 Å². The molecular formula is C10H9BrN2O. The topological polar surface area (TPSA) is 38.9 Å². The Kier molecular flexibility index (Phi) is 2.63. The van der Waals surface area contributed by atoms with E-state index in [1.54, 1.807) is 0 Å². The van der Waals surface area contributed by atoms with Crippen molar-refractivity contribution in [3.05, 3.63) is 35.7 Å². The fraction of sp³-hybridized carbons (Fsp3) is 0.200. The molecule has 0 aliphatic heterocycles. The number of rotatable bonds is 2. The van der Waals surface area contributed by atoms with Crippen LogP contribution in [0.15, 0.2) is 28.8 Å². The monoisotopic (exact) mass is 252 g/mol. The Labute approximate surface area is 90.3 Å². The Morgan fingerprint density at radius 3 is 2.79 bits per heavy atom. The third-order valence-electron chi connectivity index (χ3n) is 1.97. The van der Waals surface area contributed by atoms with Crippen molar-refractivity contribution in [1.82, 2.24) is 10.1 Å². The van der Waals surface area contributed by atoms with Crippen LogP contribution in [0.4, 0.5) is 0 Å². The maximum Gasteiger partial charge on any atom is 0.237 e. The molecule has 4 heteroatoms. The molecule has 0 aliphatic rings. The second-order valence-electron chi connectivity index (χ2n) is 2.96. The van der Waals surface area contributed by atoms with Gasteiger partial charge in [-0.15, -0.1) is 0 Å². The standard InChI is InChI=1S/C10H9BrN2O/c1-7-4-2-3-5-8(7)10-12-9(6-11)14-13-10/h2-5H,6H2,1H3.